The largest absolute Gasteiger partial charge is 0.490 e. The second-order valence-corrected chi connectivity index (χ2v) is 4.61. The lowest BCUT2D eigenvalue weighted by Gasteiger charge is -2.11. The predicted molar refractivity (Wildman–Crippen MR) is 74.3 cm³/mol. The molecule has 0 saturated heterocycles. The van der Waals surface area contributed by atoms with Gasteiger partial charge in [0.2, 0.25) is 5.78 Å². The molecule has 0 aliphatic rings. The second-order valence-electron chi connectivity index (χ2n) is 3.72. The van der Waals surface area contributed by atoms with Crippen molar-refractivity contribution in [2.24, 2.45) is 0 Å². The van der Waals surface area contributed by atoms with Crippen LogP contribution in [0.2, 0.25) is 0 Å². The molecule has 0 bridgehead atoms. The highest BCUT2D eigenvalue weighted by molar-refractivity contribution is 7.11. The van der Waals surface area contributed by atoms with Gasteiger partial charge in [-0.25, -0.2) is 0 Å². The van der Waals surface area contributed by atoms with E-state index in [0.29, 0.717) is 35.2 Å². The zero-order valence-corrected chi connectivity index (χ0v) is 11.7. The van der Waals surface area contributed by atoms with E-state index in [1.165, 1.54) is 11.3 Å². The molecule has 0 aliphatic carbocycles. The third-order valence-electron chi connectivity index (χ3n) is 2.46. The molecule has 4 nitrogen and oxygen atoms in total. The van der Waals surface area contributed by atoms with E-state index in [1.54, 1.807) is 29.9 Å². The Labute approximate surface area is 116 Å². The number of rotatable bonds is 6. The normalized spacial score (nSPS) is 10.2. The molecule has 1 aromatic carbocycles. The molecule has 1 heterocycles. The third kappa shape index (κ3) is 3.12. The van der Waals surface area contributed by atoms with Crippen molar-refractivity contribution in [2.45, 2.75) is 13.8 Å². The molecule has 0 amide bonds. The van der Waals surface area contributed by atoms with E-state index in [-0.39, 0.29) is 5.78 Å². The van der Waals surface area contributed by atoms with Gasteiger partial charge in [-0.3, -0.25) is 9.78 Å². The number of ketones is 1. The van der Waals surface area contributed by atoms with Crippen LogP contribution in [0.25, 0.3) is 0 Å². The molecule has 1 aromatic heterocycles. The van der Waals surface area contributed by atoms with Gasteiger partial charge in [0.1, 0.15) is 0 Å². The molecule has 100 valence electrons. The Morgan fingerprint density at radius 2 is 1.95 bits per heavy atom. The van der Waals surface area contributed by atoms with Crippen LogP contribution in [0.5, 0.6) is 11.5 Å². The van der Waals surface area contributed by atoms with Crippen LogP contribution in [-0.2, 0) is 0 Å². The summed E-state index contributed by atoms with van der Waals surface area (Å²) in [6.45, 7) is 4.89. The van der Waals surface area contributed by atoms with Gasteiger partial charge in [0.25, 0.3) is 0 Å². The van der Waals surface area contributed by atoms with Gasteiger partial charge >= 0.3 is 0 Å². The first-order chi connectivity index (χ1) is 9.26. The van der Waals surface area contributed by atoms with Crippen LogP contribution in [0.4, 0.5) is 0 Å². The summed E-state index contributed by atoms with van der Waals surface area (Å²) in [7, 11) is 0. The van der Waals surface area contributed by atoms with E-state index in [0.717, 1.165) is 0 Å². The van der Waals surface area contributed by atoms with Crippen molar-refractivity contribution in [2.75, 3.05) is 13.2 Å². The minimum atomic E-state index is -0.0495. The van der Waals surface area contributed by atoms with Crippen LogP contribution < -0.4 is 9.47 Å². The van der Waals surface area contributed by atoms with E-state index in [2.05, 4.69) is 4.98 Å². The number of thiazole rings is 1. The molecule has 0 spiro atoms. The highest BCUT2D eigenvalue weighted by Gasteiger charge is 2.14. The number of ether oxygens (including phenoxy) is 2. The molecule has 0 radical (unpaired) electrons. The first kappa shape index (κ1) is 13.5. The Hall–Kier alpha value is -1.88. The van der Waals surface area contributed by atoms with E-state index in [9.17, 15) is 4.79 Å². The van der Waals surface area contributed by atoms with Crippen molar-refractivity contribution in [1.82, 2.24) is 4.98 Å². The van der Waals surface area contributed by atoms with E-state index in [1.807, 2.05) is 13.8 Å². The van der Waals surface area contributed by atoms with Crippen LogP contribution >= 0.6 is 11.3 Å². The average molecular weight is 277 g/mol. The Morgan fingerprint density at radius 3 is 2.58 bits per heavy atom. The molecule has 19 heavy (non-hydrogen) atoms. The molecular formula is C14H15NO3S. The number of hydrogen-bond donors (Lipinski definition) is 0. The number of nitrogens with zero attached hydrogens (tertiary/aromatic N) is 1. The molecule has 0 atom stereocenters. The van der Waals surface area contributed by atoms with Crippen LogP contribution in [0.15, 0.2) is 29.9 Å². The van der Waals surface area contributed by atoms with Gasteiger partial charge in [-0.15, -0.1) is 11.3 Å². The fraction of sp³-hybridized carbons (Fsp3) is 0.286. The van der Waals surface area contributed by atoms with E-state index in [4.69, 9.17) is 9.47 Å². The van der Waals surface area contributed by atoms with Crippen LogP contribution in [0, 0.1) is 0 Å². The van der Waals surface area contributed by atoms with E-state index >= 15 is 0 Å². The number of aromatic nitrogens is 1. The Bertz CT molecular complexity index is 552. The highest BCUT2D eigenvalue weighted by Crippen LogP contribution is 2.29. The van der Waals surface area contributed by atoms with Gasteiger partial charge in [0.05, 0.1) is 23.6 Å². The number of carbonyl (C=O) groups is 1. The standard InChI is InChI=1S/C14H15NO3S/c1-3-17-11-6-5-10(7-12(11)18-4-2)14(16)13-8-15-9-19-13/h5-9H,3-4H2,1-2H3. The summed E-state index contributed by atoms with van der Waals surface area (Å²) < 4.78 is 11.0. The average Bonchev–Trinajstić information content (AvgIpc) is 2.94. The summed E-state index contributed by atoms with van der Waals surface area (Å²) in [6.07, 6.45) is 1.57. The fourth-order valence-corrected chi connectivity index (χ4v) is 2.24. The zero-order valence-electron chi connectivity index (χ0n) is 10.9. The number of carbonyl (C=O) groups excluding carboxylic acids is 1. The maximum Gasteiger partial charge on any atom is 0.204 e. The third-order valence-corrected chi connectivity index (χ3v) is 3.23. The second kappa shape index (κ2) is 6.33. The lowest BCUT2D eigenvalue weighted by atomic mass is 10.1. The maximum atomic E-state index is 12.2. The molecule has 0 aliphatic heterocycles. The first-order valence-corrected chi connectivity index (χ1v) is 6.97. The molecule has 2 rings (SSSR count). The fourth-order valence-electron chi connectivity index (χ4n) is 1.66. The summed E-state index contributed by atoms with van der Waals surface area (Å²) >= 11 is 1.33. The van der Waals surface area contributed by atoms with Crippen LogP contribution in [0.1, 0.15) is 29.1 Å². The van der Waals surface area contributed by atoms with Crippen molar-refractivity contribution >= 4 is 17.1 Å². The molecule has 0 fully saturated rings. The van der Waals surface area contributed by atoms with Gasteiger partial charge in [-0.1, -0.05) is 0 Å². The van der Waals surface area contributed by atoms with Gasteiger partial charge in [0.15, 0.2) is 11.5 Å². The lowest BCUT2D eigenvalue weighted by molar-refractivity contribution is 0.104. The van der Waals surface area contributed by atoms with Crippen LogP contribution in [-0.4, -0.2) is 24.0 Å². The topological polar surface area (TPSA) is 48.4 Å². The Kier molecular flexibility index (Phi) is 4.52. The molecule has 0 saturated carbocycles. The van der Waals surface area contributed by atoms with Gasteiger partial charge in [0, 0.05) is 11.8 Å². The number of hydrogen-bond acceptors (Lipinski definition) is 5. The van der Waals surface area contributed by atoms with Gasteiger partial charge in [-0.05, 0) is 32.0 Å². The maximum absolute atomic E-state index is 12.2. The Balaban J connectivity index is 2.32. The quantitative estimate of drug-likeness (QED) is 0.761. The minimum absolute atomic E-state index is 0.0495. The van der Waals surface area contributed by atoms with Crippen molar-refractivity contribution in [3.63, 3.8) is 0 Å². The van der Waals surface area contributed by atoms with Crippen molar-refractivity contribution in [3.05, 3.63) is 40.3 Å². The summed E-state index contributed by atoms with van der Waals surface area (Å²) in [5.41, 5.74) is 2.22. The van der Waals surface area contributed by atoms with Gasteiger partial charge < -0.3 is 9.47 Å². The number of benzene rings is 1. The zero-order chi connectivity index (χ0) is 13.7. The summed E-state index contributed by atoms with van der Waals surface area (Å²) in [6, 6.07) is 5.23. The SMILES string of the molecule is CCOc1ccc(C(=O)c2cncs2)cc1OCC. The molecule has 0 unspecified atom stereocenters. The van der Waals surface area contributed by atoms with Crippen molar-refractivity contribution in [3.8, 4) is 11.5 Å². The van der Waals surface area contributed by atoms with Crippen molar-refractivity contribution in [1.29, 1.82) is 0 Å². The summed E-state index contributed by atoms with van der Waals surface area (Å²) in [4.78, 5) is 16.7. The van der Waals surface area contributed by atoms with Crippen LogP contribution in [0.3, 0.4) is 0 Å². The summed E-state index contributed by atoms with van der Waals surface area (Å²) in [5, 5.41) is 0. The molecule has 5 heteroatoms. The smallest absolute Gasteiger partial charge is 0.204 e. The molecule has 0 N–H and O–H groups in total. The van der Waals surface area contributed by atoms with Crippen molar-refractivity contribution < 1.29 is 14.3 Å². The molecular weight excluding hydrogens is 262 g/mol. The predicted octanol–water partition coefficient (Wildman–Crippen LogP) is 3.17. The molecule has 2 aromatic rings. The van der Waals surface area contributed by atoms with E-state index < -0.39 is 0 Å². The van der Waals surface area contributed by atoms with Gasteiger partial charge in [-0.2, -0.15) is 0 Å². The highest BCUT2D eigenvalue weighted by atomic mass is 32.1. The summed E-state index contributed by atoms with van der Waals surface area (Å²) in [5.74, 6) is 1.21. The Morgan fingerprint density at radius 1 is 1.21 bits per heavy atom. The lowest BCUT2D eigenvalue weighted by Crippen LogP contribution is -2.03. The first-order valence-electron chi connectivity index (χ1n) is 6.09. The minimum Gasteiger partial charge on any atom is -0.490 e. The monoisotopic (exact) mass is 277 g/mol.